The number of halogens is 2. The molecule has 4 nitrogen and oxygen atoms in total. The van der Waals surface area contributed by atoms with Gasteiger partial charge in [0.15, 0.2) is 11.2 Å². The first-order valence-electron chi connectivity index (χ1n) is 7.46. The number of carbonyl (C=O) groups excluding carboxylic acids is 1. The Labute approximate surface area is 153 Å². The van der Waals surface area contributed by atoms with E-state index >= 15 is 0 Å². The molecule has 1 amide bonds. The predicted molar refractivity (Wildman–Crippen MR) is 97.7 cm³/mol. The maximum Gasteiger partial charge on any atom is 0.266 e. The Hall–Kier alpha value is -2.44. The van der Waals surface area contributed by atoms with Crippen molar-refractivity contribution in [2.75, 3.05) is 5.32 Å². The van der Waals surface area contributed by atoms with Gasteiger partial charge in [-0.15, -0.1) is 11.3 Å². The molecule has 0 spiro atoms. The molecule has 0 saturated carbocycles. The topological polar surface area (TPSA) is 51.2 Å². The Morgan fingerprint density at radius 3 is 2.56 bits per heavy atom. The lowest BCUT2D eigenvalue weighted by molar-refractivity contribution is -0.122. The molecule has 0 aliphatic heterocycles. The highest BCUT2D eigenvalue weighted by molar-refractivity contribution is 7.14. The number of ether oxygens (including phenoxy) is 1. The first-order chi connectivity index (χ1) is 12.0. The van der Waals surface area contributed by atoms with Crippen LogP contribution in [-0.2, 0) is 4.79 Å². The summed E-state index contributed by atoms with van der Waals surface area (Å²) in [6.07, 6.45) is -0.695. The van der Waals surface area contributed by atoms with Gasteiger partial charge in [-0.05, 0) is 55.5 Å². The number of aromatic nitrogens is 1. The van der Waals surface area contributed by atoms with Gasteiger partial charge in [-0.2, -0.15) is 0 Å². The largest absolute Gasteiger partial charge is 0.481 e. The maximum atomic E-state index is 13.0. The van der Waals surface area contributed by atoms with E-state index in [0.29, 0.717) is 21.6 Å². The van der Waals surface area contributed by atoms with E-state index in [4.69, 9.17) is 16.3 Å². The van der Waals surface area contributed by atoms with Crippen LogP contribution in [0.25, 0.3) is 11.3 Å². The Balaban J connectivity index is 1.62. The van der Waals surface area contributed by atoms with Gasteiger partial charge in [0.05, 0.1) is 5.69 Å². The van der Waals surface area contributed by atoms with E-state index in [1.54, 1.807) is 48.7 Å². The number of rotatable bonds is 5. The average molecular weight is 377 g/mol. The van der Waals surface area contributed by atoms with Gasteiger partial charge in [0.25, 0.3) is 5.91 Å². The van der Waals surface area contributed by atoms with Crippen molar-refractivity contribution < 1.29 is 13.9 Å². The third kappa shape index (κ3) is 4.55. The van der Waals surface area contributed by atoms with Gasteiger partial charge in [-0.25, -0.2) is 9.37 Å². The van der Waals surface area contributed by atoms with Crippen molar-refractivity contribution in [1.82, 2.24) is 4.98 Å². The summed E-state index contributed by atoms with van der Waals surface area (Å²) in [5.74, 6) is -0.0613. The molecule has 0 fully saturated rings. The van der Waals surface area contributed by atoms with Gasteiger partial charge >= 0.3 is 0 Å². The minimum absolute atomic E-state index is 0.305. The summed E-state index contributed by atoms with van der Waals surface area (Å²) < 4.78 is 18.5. The van der Waals surface area contributed by atoms with Crippen molar-refractivity contribution in [3.63, 3.8) is 0 Å². The van der Waals surface area contributed by atoms with Crippen molar-refractivity contribution in [3.05, 3.63) is 64.8 Å². The summed E-state index contributed by atoms with van der Waals surface area (Å²) in [6.45, 7) is 1.65. The van der Waals surface area contributed by atoms with Gasteiger partial charge in [0.2, 0.25) is 0 Å². The second-order valence-electron chi connectivity index (χ2n) is 5.25. The molecule has 0 aliphatic rings. The summed E-state index contributed by atoms with van der Waals surface area (Å²) in [4.78, 5) is 16.6. The van der Waals surface area contributed by atoms with E-state index in [-0.39, 0.29) is 11.7 Å². The zero-order chi connectivity index (χ0) is 17.8. The fraction of sp³-hybridized carbons (Fsp3) is 0.111. The summed E-state index contributed by atoms with van der Waals surface area (Å²) in [5.41, 5.74) is 1.45. The van der Waals surface area contributed by atoms with E-state index in [1.165, 1.54) is 23.5 Å². The van der Waals surface area contributed by atoms with Crippen LogP contribution in [0.2, 0.25) is 5.02 Å². The van der Waals surface area contributed by atoms with Crippen molar-refractivity contribution in [1.29, 1.82) is 0 Å². The number of nitrogens with one attached hydrogen (secondary N) is 1. The molecule has 2 aromatic carbocycles. The number of hydrogen-bond acceptors (Lipinski definition) is 4. The van der Waals surface area contributed by atoms with Gasteiger partial charge in [-0.3, -0.25) is 10.1 Å². The van der Waals surface area contributed by atoms with Crippen LogP contribution in [0, 0.1) is 5.82 Å². The molecule has 0 saturated heterocycles. The number of thiazole rings is 1. The van der Waals surface area contributed by atoms with E-state index in [9.17, 15) is 9.18 Å². The fourth-order valence-corrected chi connectivity index (χ4v) is 2.91. The molecule has 0 bridgehead atoms. The SMILES string of the molecule is C[C@@H](Oc1ccc(Cl)cc1)C(=O)Nc1nc(-c2ccc(F)cc2)cs1. The number of amides is 1. The number of carbonyl (C=O) groups is 1. The monoisotopic (exact) mass is 376 g/mol. The molecular weight excluding hydrogens is 363 g/mol. The highest BCUT2D eigenvalue weighted by atomic mass is 35.5. The minimum atomic E-state index is -0.695. The molecule has 0 unspecified atom stereocenters. The Bertz CT molecular complexity index is 866. The van der Waals surface area contributed by atoms with Crippen LogP contribution in [-0.4, -0.2) is 17.0 Å². The fourth-order valence-electron chi connectivity index (χ4n) is 2.06. The molecule has 128 valence electrons. The number of anilines is 1. The standard InChI is InChI=1S/C18H14ClFN2O2S/c1-11(24-15-8-4-13(19)5-9-15)17(23)22-18-21-16(10-25-18)12-2-6-14(20)7-3-12/h2-11H,1H3,(H,21,22,23)/t11-/m1/s1. The normalized spacial score (nSPS) is 11.8. The lowest BCUT2D eigenvalue weighted by Crippen LogP contribution is -2.30. The van der Waals surface area contributed by atoms with E-state index < -0.39 is 6.10 Å². The molecule has 1 atom stereocenters. The second-order valence-corrected chi connectivity index (χ2v) is 6.54. The van der Waals surface area contributed by atoms with Crippen LogP contribution < -0.4 is 10.1 Å². The molecule has 7 heteroatoms. The van der Waals surface area contributed by atoms with Crippen LogP contribution >= 0.6 is 22.9 Å². The number of benzene rings is 2. The summed E-state index contributed by atoms with van der Waals surface area (Å²) in [5, 5.41) is 5.57. The first-order valence-corrected chi connectivity index (χ1v) is 8.71. The van der Waals surface area contributed by atoms with Crippen LogP contribution in [0.5, 0.6) is 5.75 Å². The van der Waals surface area contributed by atoms with Gasteiger partial charge < -0.3 is 4.74 Å². The highest BCUT2D eigenvalue weighted by Crippen LogP contribution is 2.25. The average Bonchev–Trinajstić information content (AvgIpc) is 3.06. The number of nitrogens with zero attached hydrogens (tertiary/aromatic N) is 1. The summed E-state index contributed by atoms with van der Waals surface area (Å²) in [7, 11) is 0. The van der Waals surface area contributed by atoms with Crippen LogP contribution in [0.3, 0.4) is 0 Å². The molecule has 3 rings (SSSR count). The smallest absolute Gasteiger partial charge is 0.266 e. The van der Waals surface area contributed by atoms with Gasteiger partial charge in [-0.1, -0.05) is 11.6 Å². The van der Waals surface area contributed by atoms with Crippen molar-refractivity contribution in [3.8, 4) is 17.0 Å². The van der Waals surface area contributed by atoms with E-state index in [0.717, 1.165) is 5.56 Å². The summed E-state index contributed by atoms with van der Waals surface area (Å²) >= 11 is 7.11. The molecule has 1 heterocycles. The van der Waals surface area contributed by atoms with Gasteiger partial charge in [0, 0.05) is 16.0 Å². The molecule has 1 N–H and O–H groups in total. The maximum absolute atomic E-state index is 13.0. The zero-order valence-electron chi connectivity index (χ0n) is 13.2. The third-order valence-corrected chi connectivity index (χ3v) is 4.38. The van der Waals surface area contributed by atoms with Crippen molar-refractivity contribution in [2.24, 2.45) is 0 Å². The number of hydrogen-bond donors (Lipinski definition) is 1. The molecule has 1 aromatic heterocycles. The molecular formula is C18H14ClFN2O2S. The van der Waals surface area contributed by atoms with E-state index in [1.807, 2.05) is 0 Å². The Kier molecular flexibility index (Phi) is 5.31. The zero-order valence-corrected chi connectivity index (χ0v) is 14.8. The molecule has 3 aromatic rings. The van der Waals surface area contributed by atoms with Crippen LogP contribution in [0.4, 0.5) is 9.52 Å². The van der Waals surface area contributed by atoms with Crippen molar-refractivity contribution >= 4 is 34.0 Å². The quantitative estimate of drug-likeness (QED) is 0.681. The third-order valence-electron chi connectivity index (χ3n) is 3.37. The molecule has 25 heavy (non-hydrogen) atoms. The lowest BCUT2D eigenvalue weighted by atomic mass is 10.2. The summed E-state index contributed by atoms with van der Waals surface area (Å²) in [6, 6.07) is 12.8. The Morgan fingerprint density at radius 1 is 1.20 bits per heavy atom. The Morgan fingerprint density at radius 2 is 1.88 bits per heavy atom. The lowest BCUT2D eigenvalue weighted by Gasteiger charge is -2.13. The highest BCUT2D eigenvalue weighted by Gasteiger charge is 2.16. The molecule has 0 radical (unpaired) electrons. The van der Waals surface area contributed by atoms with Crippen LogP contribution in [0.15, 0.2) is 53.9 Å². The molecule has 0 aliphatic carbocycles. The second kappa shape index (κ2) is 7.63. The van der Waals surface area contributed by atoms with E-state index in [2.05, 4.69) is 10.3 Å². The first kappa shape index (κ1) is 17.4. The minimum Gasteiger partial charge on any atom is -0.481 e. The van der Waals surface area contributed by atoms with Gasteiger partial charge in [0.1, 0.15) is 11.6 Å². The van der Waals surface area contributed by atoms with Crippen molar-refractivity contribution in [2.45, 2.75) is 13.0 Å². The predicted octanol–water partition coefficient (Wildman–Crippen LogP) is 5.01. The van der Waals surface area contributed by atoms with Crippen LogP contribution in [0.1, 0.15) is 6.92 Å².